The zero-order valence-electron chi connectivity index (χ0n) is 9.15. The van der Waals surface area contributed by atoms with E-state index in [1.54, 1.807) is 11.8 Å². The van der Waals surface area contributed by atoms with E-state index in [4.69, 9.17) is 0 Å². The Bertz CT molecular complexity index is 309. The van der Waals surface area contributed by atoms with Gasteiger partial charge in [0.15, 0.2) is 0 Å². The number of allylic oxidation sites excluding steroid dienone is 1. The van der Waals surface area contributed by atoms with Gasteiger partial charge in [-0.25, -0.2) is 0 Å². The summed E-state index contributed by atoms with van der Waals surface area (Å²) in [6, 6.07) is 8.26. The van der Waals surface area contributed by atoms with Crippen molar-refractivity contribution in [2.45, 2.75) is 30.8 Å². The molecular formula is C13H18OS. The number of benzene rings is 1. The molecule has 1 nitrogen and oxygen atoms in total. The minimum atomic E-state index is -0.229. The van der Waals surface area contributed by atoms with Crippen LogP contribution in [0.15, 0.2) is 41.8 Å². The molecule has 0 spiro atoms. The summed E-state index contributed by atoms with van der Waals surface area (Å²) in [6.07, 6.45) is 3.31. The Hall–Kier alpha value is -0.730. The fourth-order valence-corrected chi connectivity index (χ4v) is 2.31. The molecule has 0 aliphatic carbocycles. The second-order valence-electron chi connectivity index (χ2n) is 3.60. The summed E-state index contributed by atoms with van der Waals surface area (Å²) in [4.78, 5) is 1.26. The van der Waals surface area contributed by atoms with Gasteiger partial charge in [0.2, 0.25) is 0 Å². The van der Waals surface area contributed by atoms with Crippen molar-refractivity contribution in [3.63, 3.8) is 0 Å². The number of aliphatic hydroxyl groups excluding tert-OH is 1. The maximum atomic E-state index is 9.66. The normalized spacial score (nSPS) is 12.4. The summed E-state index contributed by atoms with van der Waals surface area (Å²) in [5.74, 6) is 0.763. The fraction of sp³-hybridized carbons (Fsp3) is 0.385. The van der Waals surface area contributed by atoms with Gasteiger partial charge < -0.3 is 5.11 Å². The summed E-state index contributed by atoms with van der Waals surface area (Å²) >= 11 is 1.72. The lowest BCUT2D eigenvalue weighted by Crippen LogP contribution is -2.08. The van der Waals surface area contributed by atoms with E-state index in [1.807, 2.05) is 18.2 Å². The first-order valence-corrected chi connectivity index (χ1v) is 6.20. The average molecular weight is 222 g/mol. The molecule has 0 saturated carbocycles. The molecule has 1 aromatic carbocycles. The molecule has 0 aliphatic rings. The Morgan fingerprint density at radius 2 is 2.20 bits per heavy atom. The van der Waals surface area contributed by atoms with E-state index >= 15 is 0 Å². The third kappa shape index (κ3) is 4.54. The van der Waals surface area contributed by atoms with Gasteiger partial charge in [0.05, 0.1) is 6.10 Å². The molecule has 2 heteroatoms. The van der Waals surface area contributed by atoms with Crippen LogP contribution in [0.1, 0.15) is 18.4 Å². The highest BCUT2D eigenvalue weighted by atomic mass is 32.2. The number of rotatable bonds is 6. The van der Waals surface area contributed by atoms with Crippen LogP contribution in [0.4, 0.5) is 0 Å². The molecule has 0 heterocycles. The van der Waals surface area contributed by atoms with Crippen LogP contribution in [-0.4, -0.2) is 17.0 Å². The highest BCUT2D eigenvalue weighted by Gasteiger charge is 2.04. The van der Waals surface area contributed by atoms with Crippen LogP contribution in [0.2, 0.25) is 0 Å². The Labute approximate surface area is 96.2 Å². The molecule has 0 saturated heterocycles. The van der Waals surface area contributed by atoms with Crippen molar-refractivity contribution in [2.75, 3.05) is 5.75 Å². The van der Waals surface area contributed by atoms with Gasteiger partial charge in [-0.15, -0.1) is 18.3 Å². The Morgan fingerprint density at radius 1 is 1.47 bits per heavy atom. The molecule has 0 aromatic heterocycles. The van der Waals surface area contributed by atoms with E-state index in [0.717, 1.165) is 18.6 Å². The second-order valence-corrected chi connectivity index (χ2v) is 4.66. The predicted molar refractivity (Wildman–Crippen MR) is 67.3 cm³/mol. The third-order valence-electron chi connectivity index (χ3n) is 2.23. The van der Waals surface area contributed by atoms with Crippen LogP contribution >= 0.6 is 11.8 Å². The van der Waals surface area contributed by atoms with Crippen LogP contribution in [0.5, 0.6) is 0 Å². The minimum Gasteiger partial charge on any atom is -0.392 e. The molecule has 82 valence electrons. The Balaban J connectivity index is 2.36. The lowest BCUT2D eigenvalue weighted by Gasteiger charge is -2.10. The first-order valence-electron chi connectivity index (χ1n) is 5.21. The molecule has 1 N–H and O–H groups in total. The quantitative estimate of drug-likeness (QED) is 0.588. The minimum absolute atomic E-state index is 0.229. The van der Waals surface area contributed by atoms with Crippen molar-refractivity contribution in [3.8, 4) is 0 Å². The maximum Gasteiger partial charge on any atom is 0.0637 e. The van der Waals surface area contributed by atoms with E-state index in [-0.39, 0.29) is 6.10 Å². The van der Waals surface area contributed by atoms with Crippen molar-refractivity contribution >= 4 is 11.8 Å². The second kappa shape index (κ2) is 6.70. The molecular weight excluding hydrogens is 204 g/mol. The monoisotopic (exact) mass is 222 g/mol. The number of thioether (sulfide) groups is 1. The van der Waals surface area contributed by atoms with Gasteiger partial charge in [-0.05, 0) is 31.4 Å². The molecule has 15 heavy (non-hydrogen) atoms. The lowest BCUT2D eigenvalue weighted by molar-refractivity contribution is 0.190. The summed E-state index contributed by atoms with van der Waals surface area (Å²) in [7, 11) is 0. The lowest BCUT2D eigenvalue weighted by atomic mass is 10.2. The molecule has 0 amide bonds. The van der Waals surface area contributed by atoms with Gasteiger partial charge >= 0.3 is 0 Å². The molecule has 1 unspecified atom stereocenters. The van der Waals surface area contributed by atoms with Crippen LogP contribution in [0, 0.1) is 6.92 Å². The van der Waals surface area contributed by atoms with Crippen LogP contribution < -0.4 is 0 Å². The van der Waals surface area contributed by atoms with Crippen molar-refractivity contribution in [1.29, 1.82) is 0 Å². The summed E-state index contributed by atoms with van der Waals surface area (Å²) in [5, 5.41) is 9.66. The zero-order chi connectivity index (χ0) is 11.1. The topological polar surface area (TPSA) is 20.2 Å². The van der Waals surface area contributed by atoms with Crippen molar-refractivity contribution in [2.24, 2.45) is 0 Å². The SMILES string of the molecule is C=CCCC(O)CSc1ccccc1C. The van der Waals surface area contributed by atoms with Crippen molar-refractivity contribution in [3.05, 3.63) is 42.5 Å². The van der Waals surface area contributed by atoms with Gasteiger partial charge in [-0.3, -0.25) is 0 Å². The number of hydrogen-bond donors (Lipinski definition) is 1. The predicted octanol–water partition coefficient (Wildman–Crippen LogP) is 3.41. The van der Waals surface area contributed by atoms with Crippen molar-refractivity contribution < 1.29 is 5.11 Å². The standard InChI is InChI=1S/C13H18OS/c1-3-4-8-12(14)10-15-13-9-6-5-7-11(13)2/h3,5-7,9,12,14H,1,4,8,10H2,2H3. The smallest absolute Gasteiger partial charge is 0.0637 e. The van der Waals surface area contributed by atoms with Gasteiger partial charge in [-0.2, -0.15) is 0 Å². The number of aliphatic hydroxyl groups is 1. The highest BCUT2D eigenvalue weighted by Crippen LogP contribution is 2.23. The van der Waals surface area contributed by atoms with E-state index in [9.17, 15) is 5.11 Å². The van der Waals surface area contributed by atoms with Crippen molar-refractivity contribution in [1.82, 2.24) is 0 Å². The molecule has 1 atom stereocenters. The fourth-order valence-electron chi connectivity index (χ4n) is 1.30. The van der Waals surface area contributed by atoms with Gasteiger partial charge in [0.25, 0.3) is 0 Å². The van der Waals surface area contributed by atoms with E-state index in [1.165, 1.54) is 10.5 Å². The third-order valence-corrected chi connectivity index (χ3v) is 3.55. The molecule has 1 aromatic rings. The molecule has 0 fully saturated rings. The van der Waals surface area contributed by atoms with Gasteiger partial charge in [0.1, 0.15) is 0 Å². The van der Waals surface area contributed by atoms with E-state index in [2.05, 4.69) is 25.6 Å². The summed E-state index contributed by atoms with van der Waals surface area (Å²) in [5.41, 5.74) is 1.28. The van der Waals surface area contributed by atoms with Crippen LogP contribution in [-0.2, 0) is 0 Å². The van der Waals surface area contributed by atoms with E-state index in [0.29, 0.717) is 0 Å². The van der Waals surface area contributed by atoms with Gasteiger partial charge in [-0.1, -0.05) is 24.3 Å². The molecule has 0 aliphatic heterocycles. The Kier molecular flexibility index (Phi) is 5.51. The van der Waals surface area contributed by atoms with Gasteiger partial charge in [0, 0.05) is 10.6 Å². The zero-order valence-corrected chi connectivity index (χ0v) is 9.96. The first kappa shape index (κ1) is 12.3. The molecule has 1 rings (SSSR count). The van der Waals surface area contributed by atoms with E-state index < -0.39 is 0 Å². The molecule has 0 radical (unpaired) electrons. The van der Waals surface area contributed by atoms with Crippen LogP contribution in [0.3, 0.4) is 0 Å². The summed E-state index contributed by atoms with van der Waals surface area (Å²) < 4.78 is 0. The molecule has 0 bridgehead atoms. The summed E-state index contributed by atoms with van der Waals surface area (Å²) in [6.45, 7) is 5.74. The first-order chi connectivity index (χ1) is 7.24. The highest BCUT2D eigenvalue weighted by molar-refractivity contribution is 7.99. The largest absolute Gasteiger partial charge is 0.392 e. The average Bonchev–Trinajstić information content (AvgIpc) is 2.25. The Morgan fingerprint density at radius 3 is 2.87 bits per heavy atom. The number of aryl methyl sites for hydroxylation is 1. The van der Waals surface area contributed by atoms with Crippen LogP contribution in [0.25, 0.3) is 0 Å². The number of hydrogen-bond acceptors (Lipinski definition) is 2. The maximum absolute atomic E-state index is 9.66.